The molecular formula is C18H25Cl2NO2S. The fourth-order valence-corrected chi connectivity index (χ4v) is 4.47. The van der Waals surface area contributed by atoms with Crippen molar-refractivity contribution < 1.29 is 9.90 Å². The molecule has 1 heterocycles. The van der Waals surface area contributed by atoms with Gasteiger partial charge in [0.2, 0.25) is 5.91 Å². The van der Waals surface area contributed by atoms with E-state index in [0.717, 1.165) is 55.7 Å². The molecule has 1 amide bonds. The summed E-state index contributed by atoms with van der Waals surface area (Å²) in [6.07, 6.45) is 5.78. The SMILES string of the molecule is O=C1CCC(CCCCSCCO)N1CCc1cc(Cl)cc(Cl)c1. The lowest BCUT2D eigenvalue weighted by Gasteiger charge is -2.25. The number of unbranched alkanes of at least 4 members (excludes halogenated alkanes) is 1. The molecule has 1 unspecified atom stereocenters. The van der Waals surface area contributed by atoms with Crippen molar-refractivity contribution in [1.29, 1.82) is 0 Å². The first kappa shape index (κ1) is 19.9. The molecule has 3 nitrogen and oxygen atoms in total. The van der Waals surface area contributed by atoms with Crippen LogP contribution < -0.4 is 0 Å². The normalized spacial score (nSPS) is 17.7. The van der Waals surface area contributed by atoms with Crippen LogP contribution in [0, 0.1) is 0 Å². The molecule has 1 aliphatic rings. The van der Waals surface area contributed by atoms with Crippen molar-refractivity contribution in [3.63, 3.8) is 0 Å². The maximum absolute atomic E-state index is 12.2. The number of rotatable bonds is 10. The number of aliphatic hydroxyl groups excluding tert-OH is 1. The van der Waals surface area contributed by atoms with Crippen LogP contribution in [0.3, 0.4) is 0 Å². The highest BCUT2D eigenvalue weighted by Gasteiger charge is 2.29. The van der Waals surface area contributed by atoms with Crippen LogP contribution in [0.5, 0.6) is 0 Å². The van der Waals surface area contributed by atoms with Gasteiger partial charge in [0.1, 0.15) is 0 Å². The van der Waals surface area contributed by atoms with Gasteiger partial charge in [-0.15, -0.1) is 0 Å². The summed E-state index contributed by atoms with van der Waals surface area (Å²) in [7, 11) is 0. The molecule has 0 radical (unpaired) electrons. The fraction of sp³-hybridized carbons (Fsp3) is 0.611. The molecule has 1 saturated heterocycles. The Morgan fingerprint density at radius 3 is 2.62 bits per heavy atom. The molecule has 134 valence electrons. The smallest absolute Gasteiger partial charge is 0.222 e. The van der Waals surface area contributed by atoms with Crippen molar-refractivity contribution >= 4 is 40.9 Å². The van der Waals surface area contributed by atoms with E-state index in [4.69, 9.17) is 28.3 Å². The zero-order valence-corrected chi connectivity index (χ0v) is 16.2. The third-order valence-corrected chi connectivity index (χ3v) is 5.81. The Morgan fingerprint density at radius 1 is 1.17 bits per heavy atom. The van der Waals surface area contributed by atoms with E-state index in [1.165, 1.54) is 0 Å². The second kappa shape index (κ2) is 10.5. The number of halogens is 2. The van der Waals surface area contributed by atoms with Crippen LogP contribution in [0.2, 0.25) is 10.0 Å². The highest BCUT2D eigenvalue weighted by atomic mass is 35.5. The molecule has 6 heteroatoms. The summed E-state index contributed by atoms with van der Waals surface area (Å²) in [5, 5.41) is 10.0. The van der Waals surface area contributed by atoms with Crippen molar-refractivity contribution in [3.8, 4) is 0 Å². The van der Waals surface area contributed by atoms with Gasteiger partial charge in [-0.3, -0.25) is 4.79 Å². The average molecular weight is 390 g/mol. The number of nitrogens with zero attached hydrogens (tertiary/aromatic N) is 1. The molecule has 0 aromatic heterocycles. The molecule has 0 bridgehead atoms. The first-order valence-corrected chi connectivity index (χ1v) is 10.4. The Labute approximate surface area is 158 Å². The summed E-state index contributed by atoms with van der Waals surface area (Å²) in [4.78, 5) is 14.2. The van der Waals surface area contributed by atoms with Gasteiger partial charge in [0.25, 0.3) is 0 Å². The van der Waals surface area contributed by atoms with E-state index in [0.29, 0.717) is 22.5 Å². The second-order valence-electron chi connectivity index (χ2n) is 6.14. The molecule has 1 atom stereocenters. The van der Waals surface area contributed by atoms with E-state index in [9.17, 15) is 4.79 Å². The van der Waals surface area contributed by atoms with Gasteiger partial charge in [0.05, 0.1) is 6.61 Å². The maximum Gasteiger partial charge on any atom is 0.222 e. The van der Waals surface area contributed by atoms with Gasteiger partial charge in [-0.1, -0.05) is 29.6 Å². The largest absolute Gasteiger partial charge is 0.396 e. The van der Waals surface area contributed by atoms with Gasteiger partial charge in [-0.05, 0) is 55.2 Å². The van der Waals surface area contributed by atoms with Crippen LogP contribution in [-0.2, 0) is 11.2 Å². The molecule has 24 heavy (non-hydrogen) atoms. The Bertz CT molecular complexity index is 522. The van der Waals surface area contributed by atoms with Crippen LogP contribution in [0.1, 0.15) is 37.7 Å². The van der Waals surface area contributed by atoms with Crippen LogP contribution >= 0.6 is 35.0 Å². The van der Waals surface area contributed by atoms with E-state index in [-0.39, 0.29) is 12.5 Å². The number of carbonyl (C=O) groups is 1. The maximum atomic E-state index is 12.2. The fourth-order valence-electron chi connectivity index (χ4n) is 3.16. The second-order valence-corrected chi connectivity index (χ2v) is 8.24. The minimum Gasteiger partial charge on any atom is -0.396 e. The van der Waals surface area contributed by atoms with Crippen molar-refractivity contribution in [3.05, 3.63) is 33.8 Å². The number of aliphatic hydroxyl groups is 1. The van der Waals surface area contributed by atoms with Gasteiger partial charge in [-0.2, -0.15) is 11.8 Å². The van der Waals surface area contributed by atoms with Crippen molar-refractivity contribution in [2.24, 2.45) is 0 Å². The van der Waals surface area contributed by atoms with Crippen molar-refractivity contribution in [2.75, 3.05) is 24.7 Å². The summed E-state index contributed by atoms with van der Waals surface area (Å²) in [5.74, 6) is 2.17. The lowest BCUT2D eigenvalue weighted by atomic mass is 10.1. The monoisotopic (exact) mass is 389 g/mol. The van der Waals surface area contributed by atoms with Crippen molar-refractivity contribution in [1.82, 2.24) is 4.90 Å². The van der Waals surface area contributed by atoms with Crippen LogP contribution in [0.25, 0.3) is 0 Å². The molecule has 1 aliphatic heterocycles. The number of likely N-dealkylation sites (tertiary alicyclic amines) is 1. The number of hydrogen-bond acceptors (Lipinski definition) is 3. The third-order valence-electron chi connectivity index (χ3n) is 4.33. The van der Waals surface area contributed by atoms with Gasteiger partial charge in [-0.25, -0.2) is 0 Å². The molecule has 0 aliphatic carbocycles. The van der Waals surface area contributed by atoms with Gasteiger partial charge in [0, 0.05) is 34.8 Å². The summed E-state index contributed by atoms with van der Waals surface area (Å²) in [5.41, 5.74) is 1.08. The minimum atomic E-state index is 0.253. The standard InChI is InChI=1S/C18H25Cl2NO2S/c19-15-11-14(12-16(20)13-15)6-7-21-17(4-5-18(21)23)3-1-2-9-24-10-8-22/h11-13,17,22H,1-10H2. The quantitative estimate of drug-likeness (QED) is 0.601. The zero-order valence-electron chi connectivity index (χ0n) is 13.8. The first-order valence-electron chi connectivity index (χ1n) is 8.53. The third kappa shape index (κ3) is 6.47. The highest BCUT2D eigenvalue weighted by Crippen LogP contribution is 2.25. The Hall–Kier alpha value is -0.420. The van der Waals surface area contributed by atoms with Gasteiger partial charge < -0.3 is 10.0 Å². The number of thioether (sulfide) groups is 1. The van der Waals surface area contributed by atoms with E-state index < -0.39 is 0 Å². The summed E-state index contributed by atoms with van der Waals surface area (Å²) < 4.78 is 0. The Morgan fingerprint density at radius 2 is 1.92 bits per heavy atom. The highest BCUT2D eigenvalue weighted by molar-refractivity contribution is 7.99. The lowest BCUT2D eigenvalue weighted by Crippen LogP contribution is -2.34. The van der Waals surface area contributed by atoms with E-state index in [1.54, 1.807) is 17.8 Å². The lowest BCUT2D eigenvalue weighted by molar-refractivity contribution is -0.129. The molecule has 2 rings (SSSR count). The summed E-state index contributed by atoms with van der Waals surface area (Å²) in [6, 6.07) is 5.93. The number of amides is 1. The molecule has 1 N–H and O–H groups in total. The molecule has 0 saturated carbocycles. The van der Waals surface area contributed by atoms with E-state index >= 15 is 0 Å². The predicted octanol–water partition coefficient (Wildman–Crippen LogP) is 4.42. The number of benzene rings is 1. The number of hydrogen-bond donors (Lipinski definition) is 1. The molecular weight excluding hydrogens is 365 g/mol. The van der Waals surface area contributed by atoms with Crippen LogP contribution in [-0.4, -0.2) is 46.6 Å². The Balaban J connectivity index is 1.77. The van der Waals surface area contributed by atoms with Gasteiger partial charge >= 0.3 is 0 Å². The molecule has 1 fully saturated rings. The van der Waals surface area contributed by atoms with Crippen LogP contribution in [0.15, 0.2) is 18.2 Å². The molecule has 1 aromatic rings. The molecule has 1 aromatic carbocycles. The summed E-state index contributed by atoms with van der Waals surface area (Å²) in [6.45, 7) is 0.989. The van der Waals surface area contributed by atoms with Crippen molar-refractivity contribution in [2.45, 2.75) is 44.6 Å². The van der Waals surface area contributed by atoms with E-state index in [2.05, 4.69) is 0 Å². The van der Waals surface area contributed by atoms with Crippen LogP contribution in [0.4, 0.5) is 0 Å². The minimum absolute atomic E-state index is 0.253. The number of carbonyl (C=O) groups excluding carboxylic acids is 1. The topological polar surface area (TPSA) is 40.5 Å². The molecule has 0 spiro atoms. The Kier molecular flexibility index (Phi) is 8.74. The predicted molar refractivity (Wildman–Crippen MR) is 103 cm³/mol. The average Bonchev–Trinajstić information content (AvgIpc) is 2.88. The zero-order chi connectivity index (χ0) is 17.4. The first-order chi connectivity index (χ1) is 11.6. The van der Waals surface area contributed by atoms with E-state index in [1.807, 2.05) is 17.0 Å². The summed E-state index contributed by atoms with van der Waals surface area (Å²) >= 11 is 13.9. The van der Waals surface area contributed by atoms with Gasteiger partial charge in [0.15, 0.2) is 0 Å².